The average Bonchev–Trinajstić information content (AvgIpc) is 2.81. The number of rotatable bonds is 10. The van der Waals surface area contributed by atoms with Crippen molar-refractivity contribution in [2.45, 2.75) is 39.2 Å². The number of benzene rings is 2. The molecule has 0 aliphatic heterocycles. The van der Waals surface area contributed by atoms with Crippen LogP contribution in [0.15, 0.2) is 53.3 Å². The van der Waals surface area contributed by atoms with Crippen LogP contribution in [0.4, 0.5) is 5.69 Å². The van der Waals surface area contributed by atoms with E-state index in [9.17, 15) is 14.4 Å². The van der Waals surface area contributed by atoms with Gasteiger partial charge in [-0.05, 0) is 24.6 Å². The molecule has 3 aromatic rings. The summed E-state index contributed by atoms with van der Waals surface area (Å²) in [5, 5.41) is 7.71. The van der Waals surface area contributed by atoms with Gasteiger partial charge in [0.25, 0.3) is 11.5 Å². The number of fused-ring (bicyclic) bond motifs is 1. The van der Waals surface area contributed by atoms with Gasteiger partial charge in [0.2, 0.25) is 0 Å². The summed E-state index contributed by atoms with van der Waals surface area (Å²) < 4.78 is 11.6. The number of hydrogen-bond donors (Lipinski definition) is 1. The molecule has 2 aromatic carbocycles. The normalized spacial score (nSPS) is 10.7. The van der Waals surface area contributed by atoms with Crippen LogP contribution in [0.5, 0.6) is 5.75 Å². The Morgan fingerprint density at radius 1 is 1.03 bits per heavy atom. The van der Waals surface area contributed by atoms with E-state index >= 15 is 0 Å². The molecule has 168 valence electrons. The summed E-state index contributed by atoms with van der Waals surface area (Å²) in [7, 11) is 1.53. The molecule has 0 spiro atoms. The lowest BCUT2D eigenvalue weighted by molar-refractivity contribution is -0.119. The Morgan fingerprint density at radius 2 is 1.81 bits per heavy atom. The highest BCUT2D eigenvalue weighted by Crippen LogP contribution is 2.17. The van der Waals surface area contributed by atoms with Gasteiger partial charge in [0.05, 0.1) is 12.5 Å². The molecule has 1 N–H and O–H groups in total. The summed E-state index contributed by atoms with van der Waals surface area (Å²) in [5.41, 5.74) is 0.295. The van der Waals surface area contributed by atoms with E-state index in [-0.39, 0.29) is 11.3 Å². The van der Waals surface area contributed by atoms with Crippen molar-refractivity contribution in [1.82, 2.24) is 9.78 Å². The van der Waals surface area contributed by atoms with Gasteiger partial charge in [-0.2, -0.15) is 5.10 Å². The number of nitrogens with one attached hydrogen (secondary N) is 1. The fourth-order valence-electron chi connectivity index (χ4n) is 3.32. The SMILES string of the molecule is CCCCCCn1nc(C(=O)OCC(=O)Nc2cccc(OC)c2)c2ccccc2c1=O. The number of hydrogen-bond acceptors (Lipinski definition) is 6. The van der Waals surface area contributed by atoms with Crippen molar-refractivity contribution < 1.29 is 19.1 Å². The lowest BCUT2D eigenvalue weighted by Gasteiger charge is -2.11. The third-order valence-corrected chi connectivity index (χ3v) is 4.97. The molecule has 0 saturated carbocycles. The van der Waals surface area contributed by atoms with Crippen LogP contribution >= 0.6 is 0 Å². The number of amides is 1. The molecule has 8 heteroatoms. The molecule has 0 aliphatic carbocycles. The summed E-state index contributed by atoms with van der Waals surface area (Å²) in [6.07, 6.45) is 3.91. The maximum absolute atomic E-state index is 12.8. The molecule has 8 nitrogen and oxygen atoms in total. The largest absolute Gasteiger partial charge is 0.497 e. The fourth-order valence-corrected chi connectivity index (χ4v) is 3.32. The first-order chi connectivity index (χ1) is 15.5. The molecule has 1 amide bonds. The van der Waals surface area contributed by atoms with Crippen molar-refractivity contribution in [2.75, 3.05) is 19.0 Å². The number of esters is 1. The van der Waals surface area contributed by atoms with Crippen LogP contribution in [0.2, 0.25) is 0 Å². The van der Waals surface area contributed by atoms with Crippen molar-refractivity contribution in [3.8, 4) is 5.75 Å². The van der Waals surface area contributed by atoms with E-state index in [4.69, 9.17) is 9.47 Å². The number of unbranched alkanes of at least 4 members (excludes halogenated alkanes) is 3. The van der Waals surface area contributed by atoms with Crippen molar-refractivity contribution >= 4 is 28.3 Å². The molecule has 0 bridgehead atoms. The molecular weight excluding hydrogens is 410 g/mol. The zero-order valence-corrected chi connectivity index (χ0v) is 18.3. The van der Waals surface area contributed by atoms with Crippen LogP contribution in [0.25, 0.3) is 10.8 Å². The number of carbonyl (C=O) groups excluding carboxylic acids is 2. The van der Waals surface area contributed by atoms with Crippen LogP contribution in [0.3, 0.4) is 0 Å². The van der Waals surface area contributed by atoms with E-state index in [0.717, 1.165) is 25.7 Å². The second-order valence-electron chi connectivity index (χ2n) is 7.34. The quantitative estimate of drug-likeness (QED) is 0.383. The first-order valence-electron chi connectivity index (χ1n) is 10.6. The number of carbonyl (C=O) groups is 2. The van der Waals surface area contributed by atoms with Gasteiger partial charge in [-0.3, -0.25) is 9.59 Å². The Balaban J connectivity index is 1.74. The Morgan fingerprint density at radius 3 is 2.56 bits per heavy atom. The molecule has 0 fully saturated rings. The molecule has 0 atom stereocenters. The van der Waals surface area contributed by atoms with Crippen LogP contribution < -0.4 is 15.6 Å². The van der Waals surface area contributed by atoms with Gasteiger partial charge in [0.1, 0.15) is 5.75 Å². The molecule has 0 unspecified atom stereocenters. The predicted molar refractivity (Wildman–Crippen MR) is 122 cm³/mol. The zero-order valence-electron chi connectivity index (χ0n) is 18.3. The van der Waals surface area contributed by atoms with Crippen LogP contribution in [-0.2, 0) is 16.1 Å². The van der Waals surface area contributed by atoms with E-state index in [2.05, 4.69) is 17.3 Å². The van der Waals surface area contributed by atoms with E-state index in [1.165, 1.54) is 11.8 Å². The average molecular weight is 437 g/mol. The van der Waals surface area contributed by atoms with E-state index in [1.807, 2.05) is 0 Å². The number of aryl methyl sites for hydroxylation is 1. The minimum atomic E-state index is -0.760. The highest BCUT2D eigenvalue weighted by atomic mass is 16.5. The fraction of sp³-hybridized carbons (Fsp3) is 0.333. The Kier molecular flexibility index (Phi) is 7.96. The van der Waals surface area contributed by atoms with Gasteiger partial charge >= 0.3 is 5.97 Å². The van der Waals surface area contributed by atoms with Crippen LogP contribution in [0, 0.1) is 0 Å². The van der Waals surface area contributed by atoms with Crippen molar-refractivity contribution in [1.29, 1.82) is 0 Å². The van der Waals surface area contributed by atoms with Crippen molar-refractivity contribution in [3.05, 3.63) is 64.6 Å². The van der Waals surface area contributed by atoms with Gasteiger partial charge < -0.3 is 14.8 Å². The lowest BCUT2D eigenvalue weighted by Crippen LogP contribution is -2.28. The summed E-state index contributed by atoms with van der Waals surface area (Å²) in [5.74, 6) is -0.662. The predicted octanol–water partition coefficient (Wildman–Crippen LogP) is 3.78. The molecular formula is C24H27N3O5. The Hall–Kier alpha value is -3.68. The van der Waals surface area contributed by atoms with E-state index < -0.39 is 18.5 Å². The second-order valence-corrected chi connectivity index (χ2v) is 7.34. The third kappa shape index (κ3) is 5.72. The maximum atomic E-state index is 12.8. The first kappa shape index (κ1) is 23.0. The summed E-state index contributed by atoms with van der Waals surface area (Å²) in [6, 6.07) is 13.6. The minimum absolute atomic E-state index is 0.0184. The highest BCUT2D eigenvalue weighted by molar-refractivity contribution is 6.03. The molecule has 0 saturated heterocycles. The smallest absolute Gasteiger partial charge is 0.359 e. The second kappa shape index (κ2) is 11.1. The standard InChI is InChI=1S/C24H27N3O5/c1-3-4-5-8-14-27-23(29)20-13-7-6-12-19(20)22(26-27)24(30)32-16-21(28)25-17-10-9-11-18(15-17)31-2/h6-7,9-13,15H,3-5,8,14,16H2,1-2H3,(H,25,28). The van der Waals surface area contributed by atoms with E-state index in [0.29, 0.717) is 28.8 Å². The molecule has 1 aromatic heterocycles. The lowest BCUT2D eigenvalue weighted by atomic mass is 10.1. The van der Waals surface area contributed by atoms with Crippen LogP contribution in [0.1, 0.15) is 43.1 Å². The molecule has 0 aliphatic rings. The van der Waals surface area contributed by atoms with Gasteiger partial charge in [0.15, 0.2) is 12.3 Å². The minimum Gasteiger partial charge on any atom is -0.497 e. The number of nitrogens with zero attached hydrogens (tertiary/aromatic N) is 2. The number of ether oxygens (including phenoxy) is 2. The third-order valence-electron chi connectivity index (χ3n) is 4.97. The Labute approximate surface area is 186 Å². The summed E-state index contributed by atoms with van der Waals surface area (Å²) in [6.45, 7) is 2.04. The monoisotopic (exact) mass is 437 g/mol. The maximum Gasteiger partial charge on any atom is 0.359 e. The molecule has 1 heterocycles. The zero-order chi connectivity index (χ0) is 22.9. The topological polar surface area (TPSA) is 99.5 Å². The van der Waals surface area contributed by atoms with E-state index in [1.54, 1.807) is 48.5 Å². The summed E-state index contributed by atoms with van der Waals surface area (Å²) >= 11 is 0. The van der Waals surface area contributed by atoms with Crippen molar-refractivity contribution in [3.63, 3.8) is 0 Å². The molecule has 32 heavy (non-hydrogen) atoms. The van der Waals surface area contributed by atoms with Gasteiger partial charge in [-0.15, -0.1) is 0 Å². The number of anilines is 1. The summed E-state index contributed by atoms with van der Waals surface area (Å²) in [4.78, 5) is 37.7. The van der Waals surface area contributed by atoms with Gasteiger partial charge in [-0.25, -0.2) is 9.48 Å². The van der Waals surface area contributed by atoms with Gasteiger partial charge in [0, 0.05) is 23.7 Å². The Bertz CT molecular complexity index is 1160. The first-order valence-corrected chi connectivity index (χ1v) is 10.6. The number of methoxy groups -OCH3 is 1. The highest BCUT2D eigenvalue weighted by Gasteiger charge is 2.19. The number of aromatic nitrogens is 2. The molecule has 3 rings (SSSR count). The van der Waals surface area contributed by atoms with Crippen LogP contribution in [-0.4, -0.2) is 35.4 Å². The van der Waals surface area contributed by atoms with Crippen molar-refractivity contribution in [2.24, 2.45) is 0 Å². The molecule has 0 radical (unpaired) electrons. The van der Waals surface area contributed by atoms with Gasteiger partial charge in [-0.1, -0.05) is 50.5 Å².